The van der Waals surface area contributed by atoms with E-state index in [0.29, 0.717) is 37.8 Å². The van der Waals surface area contributed by atoms with Crippen LogP contribution in [0.2, 0.25) is 0 Å². The van der Waals surface area contributed by atoms with Crippen LogP contribution in [-0.2, 0) is 19.1 Å². The van der Waals surface area contributed by atoms with Crippen LogP contribution in [0.4, 0.5) is 0 Å². The lowest BCUT2D eigenvalue weighted by Crippen LogP contribution is -2.63. The van der Waals surface area contributed by atoms with Crippen molar-refractivity contribution in [3.8, 4) is 0 Å². The number of carbonyl (C=O) groups is 2. The van der Waals surface area contributed by atoms with Gasteiger partial charge in [-0.25, -0.2) is 0 Å². The zero-order chi connectivity index (χ0) is 23.6. The van der Waals surface area contributed by atoms with E-state index in [-0.39, 0.29) is 23.9 Å². The molecule has 4 aliphatic heterocycles. The van der Waals surface area contributed by atoms with Crippen molar-refractivity contribution < 1.29 is 19.1 Å². The number of ether oxygens (including phenoxy) is 2. The molecule has 4 saturated heterocycles. The first-order valence-corrected chi connectivity index (χ1v) is 13.1. The predicted octanol–water partition coefficient (Wildman–Crippen LogP) is 1.69. The first-order chi connectivity index (χ1) is 15.8. The standard InChI is InChI=1S/C25H44N4O4/c1-18(2)13-22-24(31)29(12-8-26-22)20(4)23(30)28-11-7-25(14-19(28)3)32-16-21(17-33-25)15-27-9-5-6-10-27/h18-22,26H,5-17H2,1-4H3/t19-,20-,21?,22-,25?/m0/s1. The van der Waals surface area contributed by atoms with Crippen molar-refractivity contribution in [3.05, 3.63) is 0 Å². The van der Waals surface area contributed by atoms with Gasteiger partial charge < -0.3 is 29.5 Å². The van der Waals surface area contributed by atoms with Crippen molar-refractivity contribution in [2.24, 2.45) is 11.8 Å². The van der Waals surface area contributed by atoms with Crippen molar-refractivity contribution in [3.63, 3.8) is 0 Å². The Kier molecular flexibility index (Phi) is 7.98. The summed E-state index contributed by atoms with van der Waals surface area (Å²) in [5, 5.41) is 3.33. The van der Waals surface area contributed by atoms with Crippen LogP contribution < -0.4 is 5.32 Å². The maximum absolute atomic E-state index is 13.4. The molecule has 33 heavy (non-hydrogen) atoms. The monoisotopic (exact) mass is 464 g/mol. The molecule has 4 aliphatic rings. The van der Waals surface area contributed by atoms with Gasteiger partial charge in [0.1, 0.15) is 6.04 Å². The number of hydrogen-bond donors (Lipinski definition) is 1. The minimum atomic E-state index is -0.561. The van der Waals surface area contributed by atoms with E-state index < -0.39 is 11.8 Å². The molecule has 4 rings (SSSR count). The molecule has 3 atom stereocenters. The molecule has 0 aromatic heterocycles. The summed E-state index contributed by atoms with van der Waals surface area (Å²) in [6.45, 7) is 15.1. The Morgan fingerprint density at radius 3 is 2.45 bits per heavy atom. The largest absolute Gasteiger partial charge is 0.349 e. The summed E-state index contributed by atoms with van der Waals surface area (Å²) in [5.41, 5.74) is 0. The third-order valence-corrected chi connectivity index (χ3v) is 7.89. The first-order valence-electron chi connectivity index (χ1n) is 13.1. The van der Waals surface area contributed by atoms with Gasteiger partial charge in [-0.05, 0) is 52.1 Å². The third kappa shape index (κ3) is 5.72. The molecule has 188 valence electrons. The lowest BCUT2D eigenvalue weighted by atomic mass is 9.94. The average Bonchev–Trinajstić information content (AvgIpc) is 3.29. The quantitative estimate of drug-likeness (QED) is 0.645. The van der Waals surface area contributed by atoms with Gasteiger partial charge in [0.2, 0.25) is 11.8 Å². The number of hydrogen-bond acceptors (Lipinski definition) is 6. The summed E-state index contributed by atoms with van der Waals surface area (Å²) >= 11 is 0. The first kappa shape index (κ1) is 24.9. The molecule has 0 bridgehead atoms. The summed E-state index contributed by atoms with van der Waals surface area (Å²) < 4.78 is 12.6. The van der Waals surface area contributed by atoms with Gasteiger partial charge >= 0.3 is 0 Å². The second kappa shape index (κ2) is 10.6. The normalized spacial score (nSPS) is 34.9. The van der Waals surface area contributed by atoms with Crippen LogP contribution >= 0.6 is 0 Å². The Morgan fingerprint density at radius 1 is 1.12 bits per heavy atom. The Morgan fingerprint density at radius 2 is 1.82 bits per heavy atom. The van der Waals surface area contributed by atoms with Gasteiger partial charge in [0.05, 0.1) is 19.3 Å². The molecule has 0 aromatic rings. The smallest absolute Gasteiger partial charge is 0.245 e. The number of likely N-dealkylation sites (tertiary alicyclic amines) is 2. The lowest BCUT2D eigenvalue weighted by molar-refractivity contribution is -0.303. The zero-order valence-electron chi connectivity index (χ0n) is 21.1. The Hall–Kier alpha value is -1.22. The van der Waals surface area contributed by atoms with Crippen molar-refractivity contribution in [1.29, 1.82) is 0 Å². The highest BCUT2D eigenvalue weighted by Crippen LogP contribution is 2.36. The summed E-state index contributed by atoms with van der Waals surface area (Å²) in [4.78, 5) is 32.7. The molecule has 0 unspecified atom stereocenters. The summed E-state index contributed by atoms with van der Waals surface area (Å²) in [6.07, 6.45) is 4.78. The summed E-state index contributed by atoms with van der Waals surface area (Å²) in [5.74, 6) is 0.398. The van der Waals surface area contributed by atoms with Crippen molar-refractivity contribution in [2.75, 3.05) is 52.5 Å². The third-order valence-electron chi connectivity index (χ3n) is 7.89. The van der Waals surface area contributed by atoms with Crippen molar-refractivity contribution in [2.45, 2.75) is 83.7 Å². The maximum Gasteiger partial charge on any atom is 0.245 e. The molecule has 0 aromatic carbocycles. The molecular weight excluding hydrogens is 420 g/mol. The molecule has 2 amide bonds. The van der Waals surface area contributed by atoms with Gasteiger partial charge in [0.15, 0.2) is 5.79 Å². The van der Waals surface area contributed by atoms with E-state index in [1.807, 2.05) is 11.8 Å². The number of piperazine rings is 1. The summed E-state index contributed by atoms with van der Waals surface area (Å²) in [7, 11) is 0. The Balaban J connectivity index is 1.29. The molecule has 8 nitrogen and oxygen atoms in total. The van der Waals surface area contributed by atoms with Crippen LogP contribution in [0.15, 0.2) is 0 Å². The van der Waals surface area contributed by atoms with Gasteiger partial charge in [-0.15, -0.1) is 0 Å². The zero-order valence-corrected chi connectivity index (χ0v) is 21.1. The average molecular weight is 465 g/mol. The van der Waals surface area contributed by atoms with Crippen LogP contribution in [0.3, 0.4) is 0 Å². The minimum absolute atomic E-state index is 0.0216. The van der Waals surface area contributed by atoms with Gasteiger partial charge in [-0.3, -0.25) is 9.59 Å². The number of nitrogens with zero attached hydrogens (tertiary/aromatic N) is 3. The van der Waals surface area contributed by atoms with Crippen molar-refractivity contribution >= 4 is 11.8 Å². The molecule has 1 N–H and O–H groups in total. The van der Waals surface area contributed by atoms with E-state index in [9.17, 15) is 9.59 Å². The van der Waals surface area contributed by atoms with E-state index in [0.717, 1.165) is 32.7 Å². The highest BCUT2D eigenvalue weighted by Gasteiger charge is 2.46. The molecule has 0 saturated carbocycles. The van der Waals surface area contributed by atoms with Gasteiger partial charge in [-0.1, -0.05) is 13.8 Å². The number of rotatable bonds is 6. The second-order valence-electron chi connectivity index (χ2n) is 11.1. The number of carbonyl (C=O) groups excluding carboxylic acids is 2. The number of piperidine rings is 1. The van der Waals surface area contributed by atoms with E-state index in [2.05, 4.69) is 31.0 Å². The molecule has 4 heterocycles. The fraction of sp³-hybridized carbons (Fsp3) is 0.920. The van der Waals surface area contributed by atoms with Crippen molar-refractivity contribution in [1.82, 2.24) is 20.0 Å². The van der Waals surface area contributed by atoms with Crippen LogP contribution in [0.5, 0.6) is 0 Å². The fourth-order valence-corrected chi connectivity index (χ4v) is 6.00. The van der Waals surface area contributed by atoms with E-state index in [4.69, 9.17) is 9.47 Å². The number of amides is 2. The molecule has 0 aliphatic carbocycles. The molecule has 8 heteroatoms. The van der Waals surface area contributed by atoms with Gasteiger partial charge in [0, 0.05) is 51.0 Å². The fourth-order valence-electron chi connectivity index (χ4n) is 6.00. The molecule has 0 radical (unpaired) electrons. The van der Waals surface area contributed by atoms with E-state index in [1.54, 1.807) is 4.90 Å². The minimum Gasteiger partial charge on any atom is -0.349 e. The SMILES string of the molecule is CC(C)C[C@@H]1NCCN([C@@H](C)C(=O)N2CCC3(C[C@@H]2C)OCC(CN2CCCC2)CO3)C1=O. The van der Waals surface area contributed by atoms with Crippen LogP contribution in [0, 0.1) is 11.8 Å². The Labute approximate surface area is 199 Å². The van der Waals surface area contributed by atoms with E-state index in [1.165, 1.54) is 25.9 Å². The van der Waals surface area contributed by atoms with Crippen LogP contribution in [-0.4, -0.2) is 103 Å². The second-order valence-corrected chi connectivity index (χ2v) is 11.1. The van der Waals surface area contributed by atoms with Crippen LogP contribution in [0.1, 0.15) is 59.8 Å². The predicted molar refractivity (Wildman–Crippen MR) is 127 cm³/mol. The van der Waals surface area contributed by atoms with Gasteiger partial charge in [0.25, 0.3) is 0 Å². The van der Waals surface area contributed by atoms with Gasteiger partial charge in [-0.2, -0.15) is 0 Å². The topological polar surface area (TPSA) is 74.3 Å². The van der Waals surface area contributed by atoms with E-state index >= 15 is 0 Å². The highest BCUT2D eigenvalue weighted by atomic mass is 16.7. The molecule has 1 spiro atoms. The maximum atomic E-state index is 13.4. The highest BCUT2D eigenvalue weighted by molar-refractivity contribution is 5.90. The molecule has 4 fully saturated rings. The number of nitrogens with one attached hydrogen (secondary N) is 1. The summed E-state index contributed by atoms with van der Waals surface area (Å²) in [6, 6.07) is -0.606. The van der Waals surface area contributed by atoms with Crippen LogP contribution in [0.25, 0.3) is 0 Å². The lowest BCUT2D eigenvalue weighted by Gasteiger charge is -2.49. The molecular formula is C25H44N4O4. The Bertz CT molecular complexity index is 688.